The number of methoxy groups -OCH3 is 1. The monoisotopic (exact) mass is 442 g/mol. The summed E-state index contributed by atoms with van der Waals surface area (Å²) in [6, 6.07) is 3.28. The number of rotatable bonds is 5. The van der Waals surface area contributed by atoms with Gasteiger partial charge in [0, 0.05) is 30.8 Å². The van der Waals surface area contributed by atoms with Crippen molar-refractivity contribution < 1.29 is 18.3 Å². The highest BCUT2D eigenvalue weighted by atomic mass is 19.3. The van der Waals surface area contributed by atoms with E-state index in [4.69, 9.17) is 4.74 Å². The summed E-state index contributed by atoms with van der Waals surface area (Å²) in [4.78, 5) is 27.4. The molecule has 3 aromatic rings. The molecule has 8 nitrogen and oxygen atoms in total. The van der Waals surface area contributed by atoms with E-state index in [9.17, 15) is 13.6 Å². The van der Waals surface area contributed by atoms with Crippen LogP contribution in [0, 0.1) is 5.92 Å². The van der Waals surface area contributed by atoms with Crippen molar-refractivity contribution in [3.63, 3.8) is 0 Å². The van der Waals surface area contributed by atoms with Gasteiger partial charge in [-0.1, -0.05) is 6.92 Å². The number of ether oxygens (including phenoxy) is 1. The van der Waals surface area contributed by atoms with Crippen LogP contribution in [0.4, 0.5) is 8.78 Å². The zero-order valence-electron chi connectivity index (χ0n) is 17.9. The Morgan fingerprint density at radius 2 is 2.03 bits per heavy atom. The Hall–Kier alpha value is -3.17. The number of hydrogen-bond donors (Lipinski definition) is 0. The highest BCUT2D eigenvalue weighted by Gasteiger charge is 2.34. The Kier molecular flexibility index (Phi) is 5.22. The molecule has 1 saturated heterocycles. The first-order valence-corrected chi connectivity index (χ1v) is 10.8. The second-order valence-corrected chi connectivity index (χ2v) is 8.60. The molecule has 2 fully saturated rings. The van der Waals surface area contributed by atoms with Crippen molar-refractivity contribution in [3.05, 3.63) is 47.2 Å². The van der Waals surface area contributed by atoms with Crippen molar-refractivity contribution in [1.82, 2.24) is 29.5 Å². The first-order chi connectivity index (χ1) is 15.5. The van der Waals surface area contributed by atoms with E-state index in [1.165, 1.54) is 16.9 Å². The number of likely N-dealkylation sites (tertiary alicyclic amines) is 1. The lowest BCUT2D eigenvalue weighted by molar-refractivity contribution is 0.0664. The van der Waals surface area contributed by atoms with E-state index in [-0.39, 0.29) is 29.2 Å². The van der Waals surface area contributed by atoms with Crippen LogP contribution < -0.4 is 4.74 Å². The van der Waals surface area contributed by atoms with Crippen LogP contribution in [0.25, 0.3) is 5.78 Å². The molecular weight excluding hydrogens is 418 g/mol. The van der Waals surface area contributed by atoms with E-state index in [1.54, 1.807) is 18.2 Å². The molecule has 168 valence electrons. The molecule has 2 aliphatic rings. The molecule has 5 rings (SSSR count). The smallest absolute Gasteiger partial charge is 0.280 e. The molecule has 10 heteroatoms. The van der Waals surface area contributed by atoms with Crippen molar-refractivity contribution in [3.8, 4) is 5.88 Å². The van der Waals surface area contributed by atoms with E-state index < -0.39 is 6.43 Å². The lowest BCUT2D eigenvalue weighted by Crippen LogP contribution is -2.42. The summed E-state index contributed by atoms with van der Waals surface area (Å²) in [7, 11) is 1.58. The maximum atomic E-state index is 13.4. The zero-order chi connectivity index (χ0) is 22.4. The highest BCUT2D eigenvalue weighted by Crippen LogP contribution is 2.44. The number of alkyl halides is 2. The van der Waals surface area contributed by atoms with Crippen molar-refractivity contribution in [2.24, 2.45) is 5.92 Å². The number of pyridine rings is 1. The Morgan fingerprint density at radius 1 is 1.22 bits per heavy atom. The zero-order valence-corrected chi connectivity index (χ0v) is 17.9. The SMILES string of the molecule is COc1ncc(C(=O)N2CC[C@@H](C)[C@H](c3cc(C(F)F)nc4ncnn34)C2)cc1C1CC1. The fourth-order valence-corrected chi connectivity index (χ4v) is 4.50. The molecular formula is C22H24F2N6O2. The summed E-state index contributed by atoms with van der Waals surface area (Å²) in [5.74, 6) is 0.990. The maximum absolute atomic E-state index is 13.4. The van der Waals surface area contributed by atoms with Gasteiger partial charge >= 0.3 is 0 Å². The third-order valence-corrected chi connectivity index (χ3v) is 6.48. The molecule has 1 aliphatic heterocycles. The lowest BCUT2D eigenvalue weighted by atomic mass is 9.84. The largest absolute Gasteiger partial charge is 0.481 e. The normalized spacial score (nSPS) is 21.3. The fourth-order valence-electron chi connectivity index (χ4n) is 4.50. The summed E-state index contributed by atoms with van der Waals surface area (Å²) in [5, 5.41) is 4.18. The first kappa shape index (κ1) is 20.7. The van der Waals surface area contributed by atoms with Gasteiger partial charge in [0.1, 0.15) is 12.0 Å². The second-order valence-electron chi connectivity index (χ2n) is 8.60. The van der Waals surface area contributed by atoms with Gasteiger partial charge in [-0.15, -0.1) is 0 Å². The number of hydrogen-bond acceptors (Lipinski definition) is 6. The van der Waals surface area contributed by atoms with E-state index in [0.29, 0.717) is 36.1 Å². The molecule has 2 atom stereocenters. The maximum Gasteiger partial charge on any atom is 0.280 e. The number of fused-ring (bicyclic) bond motifs is 1. The van der Waals surface area contributed by atoms with E-state index in [2.05, 4.69) is 27.0 Å². The average molecular weight is 442 g/mol. The topological polar surface area (TPSA) is 85.5 Å². The van der Waals surface area contributed by atoms with Crippen LogP contribution in [0.5, 0.6) is 5.88 Å². The Labute approximate surface area is 183 Å². The molecule has 1 saturated carbocycles. The molecule has 0 N–H and O–H groups in total. The summed E-state index contributed by atoms with van der Waals surface area (Å²) in [5.41, 5.74) is 1.76. The van der Waals surface area contributed by atoms with Gasteiger partial charge in [-0.25, -0.2) is 23.3 Å². The molecule has 0 radical (unpaired) electrons. The van der Waals surface area contributed by atoms with Crippen molar-refractivity contribution >= 4 is 11.7 Å². The van der Waals surface area contributed by atoms with Crippen LogP contribution in [-0.2, 0) is 0 Å². The number of amides is 1. The minimum absolute atomic E-state index is 0.114. The Morgan fingerprint density at radius 3 is 2.75 bits per heavy atom. The van der Waals surface area contributed by atoms with Gasteiger partial charge in [0.25, 0.3) is 18.1 Å². The minimum Gasteiger partial charge on any atom is -0.481 e. The van der Waals surface area contributed by atoms with Crippen LogP contribution in [0.2, 0.25) is 0 Å². The molecule has 0 unspecified atom stereocenters. The standard InChI is InChI=1S/C22H24F2N6O2/c1-12-5-6-29(21(31)14-7-15(13-3-4-13)20(32-2)25-9-14)10-16(12)18-8-17(19(23)24)28-22-26-11-27-30(18)22/h7-9,11-13,16,19H,3-6,10H2,1-2H3/t12-,16-/m1/s1. The van der Waals surface area contributed by atoms with Gasteiger partial charge in [0.05, 0.1) is 18.4 Å². The van der Waals surface area contributed by atoms with Crippen LogP contribution in [0.3, 0.4) is 0 Å². The van der Waals surface area contributed by atoms with Gasteiger partial charge in [0.15, 0.2) is 0 Å². The van der Waals surface area contributed by atoms with E-state index in [1.807, 2.05) is 6.07 Å². The summed E-state index contributed by atoms with van der Waals surface area (Å²) < 4.78 is 33.7. The predicted molar refractivity (Wildman–Crippen MR) is 111 cm³/mol. The Bertz CT molecular complexity index is 1160. The first-order valence-electron chi connectivity index (χ1n) is 10.8. The molecule has 0 spiro atoms. The summed E-state index contributed by atoms with van der Waals surface area (Å²) >= 11 is 0. The summed E-state index contributed by atoms with van der Waals surface area (Å²) in [6.07, 6.45) is 3.04. The third kappa shape index (κ3) is 3.67. The van der Waals surface area contributed by atoms with Crippen LogP contribution >= 0.6 is 0 Å². The van der Waals surface area contributed by atoms with Crippen molar-refractivity contribution in [2.75, 3.05) is 20.2 Å². The lowest BCUT2D eigenvalue weighted by Gasteiger charge is -2.37. The van der Waals surface area contributed by atoms with Crippen LogP contribution in [0.1, 0.15) is 71.8 Å². The van der Waals surface area contributed by atoms with Gasteiger partial charge in [0.2, 0.25) is 5.88 Å². The Balaban J connectivity index is 1.45. The summed E-state index contributed by atoms with van der Waals surface area (Å²) in [6.45, 7) is 3.05. The van der Waals surface area contributed by atoms with E-state index >= 15 is 0 Å². The second kappa shape index (κ2) is 8.07. The fraction of sp³-hybridized carbons (Fsp3) is 0.500. The van der Waals surface area contributed by atoms with Gasteiger partial charge in [-0.05, 0) is 43.2 Å². The van der Waals surface area contributed by atoms with Gasteiger partial charge in [-0.2, -0.15) is 10.1 Å². The van der Waals surface area contributed by atoms with Crippen molar-refractivity contribution in [2.45, 2.75) is 44.4 Å². The van der Waals surface area contributed by atoms with Gasteiger partial charge < -0.3 is 9.64 Å². The van der Waals surface area contributed by atoms with E-state index in [0.717, 1.165) is 24.8 Å². The minimum atomic E-state index is -2.71. The quantitative estimate of drug-likeness (QED) is 0.600. The number of halogens is 2. The van der Waals surface area contributed by atoms with Gasteiger partial charge in [-0.3, -0.25) is 4.79 Å². The molecule has 4 heterocycles. The molecule has 0 aromatic carbocycles. The van der Waals surface area contributed by atoms with Crippen molar-refractivity contribution in [1.29, 1.82) is 0 Å². The number of nitrogens with zero attached hydrogens (tertiary/aromatic N) is 6. The van der Waals surface area contributed by atoms with Crippen LogP contribution in [-0.4, -0.2) is 55.6 Å². The molecule has 0 bridgehead atoms. The molecule has 1 amide bonds. The highest BCUT2D eigenvalue weighted by molar-refractivity contribution is 5.94. The number of aromatic nitrogens is 5. The average Bonchev–Trinajstić information content (AvgIpc) is 3.54. The number of carbonyl (C=O) groups excluding carboxylic acids is 1. The molecule has 32 heavy (non-hydrogen) atoms. The number of piperidine rings is 1. The van der Waals surface area contributed by atoms with Crippen LogP contribution in [0.15, 0.2) is 24.7 Å². The number of carbonyl (C=O) groups is 1. The predicted octanol–water partition coefficient (Wildman–Crippen LogP) is 3.61. The molecule has 1 aliphatic carbocycles. The molecule has 3 aromatic heterocycles. The third-order valence-electron chi connectivity index (χ3n) is 6.48.